The molecule has 0 bridgehead atoms. The molecule has 1 amide bonds. The second-order valence-corrected chi connectivity index (χ2v) is 6.58. The Hall–Kier alpha value is -2.43. The van der Waals surface area contributed by atoms with Crippen LogP contribution in [0.1, 0.15) is 30.9 Å². The molecule has 2 unspecified atom stereocenters. The first-order valence-electron chi connectivity index (χ1n) is 8.70. The zero-order valence-corrected chi connectivity index (χ0v) is 13.7. The van der Waals surface area contributed by atoms with Crippen LogP contribution in [0, 0.1) is 5.92 Å². The fraction of sp³-hybridized carbons (Fsp3) is 0.421. The Labute approximate surface area is 142 Å². The highest BCUT2D eigenvalue weighted by atomic mass is 16.2. The van der Waals surface area contributed by atoms with Crippen molar-refractivity contribution in [2.24, 2.45) is 5.92 Å². The number of carbonyl (C=O) groups is 1. The fourth-order valence-corrected chi connectivity index (χ4v) is 3.72. The summed E-state index contributed by atoms with van der Waals surface area (Å²) in [5.41, 5.74) is 1.25. The predicted molar refractivity (Wildman–Crippen MR) is 92.5 cm³/mol. The van der Waals surface area contributed by atoms with Gasteiger partial charge in [-0.15, -0.1) is 0 Å². The molecule has 24 heavy (non-hydrogen) atoms. The number of piperidine rings is 1. The molecule has 1 aromatic heterocycles. The largest absolute Gasteiger partial charge is 0.340 e. The summed E-state index contributed by atoms with van der Waals surface area (Å²) in [5, 5.41) is 0. The van der Waals surface area contributed by atoms with Crippen molar-refractivity contribution in [3.05, 3.63) is 54.4 Å². The molecule has 1 aromatic carbocycles. The minimum atomic E-state index is 0.0501. The lowest BCUT2D eigenvalue weighted by atomic mass is 9.90. The lowest BCUT2D eigenvalue weighted by Gasteiger charge is -2.44. The van der Waals surface area contributed by atoms with Gasteiger partial charge in [0.05, 0.1) is 12.0 Å². The first-order chi connectivity index (χ1) is 11.8. The summed E-state index contributed by atoms with van der Waals surface area (Å²) >= 11 is 0. The van der Waals surface area contributed by atoms with Crippen LogP contribution < -0.4 is 4.90 Å². The monoisotopic (exact) mass is 322 g/mol. The Morgan fingerprint density at radius 1 is 1.00 bits per heavy atom. The molecule has 0 saturated carbocycles. The predicted octanol–water partition coefficient (Wildman–Crippen LogP) is 2.67. The van der Waals surface area contributed by atoms with E-state index >= 15 is 0 Å². The first kappa shape index (κ1) is 15.1. The lowest BCUT2D eigenvalue weighted by molar-refractivity contribution is -0.144. The second-order valence-electron chi connectivity index (χ2n) is 6.58. The van der Waals surface area contributed by atoms with E-state index < -0.39 is 0 Å². The van der Waals surface area contributed by atoms with Crippen molar-refractivity contribution in [3.63, 3.8) is 0 Å². The molecule has 5 heteroatoms. The quantitative estimate of drug-likeness (QED) is 0.872. The summed E-state index contributed by atoms with van der Waals surface area (Å²) in [7, 11) is 0. The highest BCUT2D eigenvalue weighted by molar-refractivity contribution is 5.81. The van der Waals surface area contributed by atoms with Crippen LogP contribution in [0.4, 0.5) is 5.95 Å². The summed E-state index contributed by atoms with van der Waals surface area (Å²) in [6, 6.07) is 12.4. The minimum Gasteiger partial charge on any atom is -0.340 e. The van der Waals surface area contributed by atoms with Gasteiger partial charge in [-0.05, 0) is 30.9 Å². The van der Waals surface area contributed by atoms with Crippen LogP contribution in [0.3, 0.4) is 0 Å². The Balaban J connectivity index is 1.45. The van der Waals surface area contributed by atoms with E-state index in [1.165, 1.54) is 5.56 Å². The summed E-state index contributed by atoms with van der Waals surface area (Å²) in [5.74, 6) is 1.07. The van der Waals surface area contributed by atoms with E-state index in [0.717, 1.165) is 44.8 Å². The van der Waals surface area contributed by atoms with Gasteiger partial charge in [0, 0.05) is 32.0 Å². The molecule has 5 nitrogen and oxygen atoms in total. The fourth-order valence-electron chi connectivity index (χ4n) is 3.72. The summed E-state index contributed by atoms with van der Waals surface area (Å²) in [4.78, 5) is 25.8. The average Bonchev–Trinajstić information content (AvgIpc) is 2.62. The molecule has 4 rings (SSSR count). The van der Waals surface area contributed by atoms with Gasteiger partial charge >= 0.3 is 0 Å². The van der Waals surface area contributed by atoms with E-state index in [-0.39, 0.29) is 17.9 Å². The SMILES string of the molecule is O=C(C1CCCN(c2ncccn2)C1)N1CCC1c1ccccc1. The van der Waals surface area contributed by atoms with Gasteiger partial charge in [0.25, 0.3) is 0 Å². The number of hydrogen-bond acceptors (Lipinski definition) is 4. The molecule has 2 aliphatic heterocycles. The van der Waals surface area contributed by atoms with Gasteiger partial charge in [0.15, 0.2) is 0 Å². The van der Waals surface area contributed by atoms with Crippen molar-refractivity contribution in [2.75, 3.05) is 24.5 Å². The van der Waals surface area contributed by atoms with Gasteiger partial charge in [0.1, 0.15) is 0 Å². The number of aromatic nitrogens is 2. The molecule has 0 N–H and O–H groups in total. The number of nitrogens with zero attached hydrogens (tertiary/aromatic N) is 4. The number of hydrogen-bond donors (Lipinski definition) is 0. The number of anilines is 1. The van der Waals surface area contributed by atoms with Gasteiger partial charge in [0.2, 0.25) is 11.9 Å². The normalized spacial score (nSPS) is 23.7. The molecule has 2 atom stereocenters. The smallest absolute Gasteiger partial charge is 0.227 e. The van der Waals surface area contributed by atoms with Crippen molar-refractivity contribution >= 4 is 11.9 Å². The molecule has 2 aromatic rings. The Morgan fingerprint density at radius 3 is 2.50 bits per heavy atom. The van der Waals surface area contributed by atoms with Crippen LogP contribution in [0.2, 0.25) is 0 Å². The van der Waals surface area contributed by atoms with Crippen LogP contribution in [0.25, 0.3) is 0 Å². The summed E-state index contributed by atoms with van der Waals surface area (Å²) in [6.07, 6.45) is 6.55. The minimum absolute atomic E-state index is 0.0501. The molecule has 2 fully saturated rings. The zero-order valence-electron chi connectivity index (χ0n) is 13.7. The van der Waals surface area contributed by atoms with Gasteiger partial charge < -0.3 is 9.80 Å². The third-order valence-corrected chi connectivity index (χ3v) is 5.09. The van der Waals surface area contributed by atoms with E-state index in [0.29, 0.717) is 0 Å². The first-order valence-corrected chi connectivity index (χ1v) is 8.70. The van der Waals surface area contributed by atoms with Gasteiger partial charge in [-0.3, -0.25) is 4.79 Å². The van der Waals surface area contributed by atoms with Crippen LogP contribution >= 0.6 is 0 Å². The van der Waals surface area contributed by atoms with E-state index in [9.17, 15) is 4.79 Å². The van der Waals surface area contributed by atoms with Gasteiger partial charge in [-0.1, -0.05) is 30.3 Å². The van der Waals surface area contributed by atoms with Crippen LogP contribution in [0.15, 0.2) is 48.8 Å². The lowest BCUT2D eigenvalue weighted by Crippen LogP contribution is -2.51. The molecule has 0 aliphatic carbocycles. The molecule has 0 radical (unpaired) electrons. The maximum atomic E-state index is 13.0. The molecule has 3 heterocycles. The number of benzene rings is 1. The number of likely N-dealkylation sites (tertiary alicyclic amines) is 1. The van der Waals surface area contributed by atoms with Crippen molar-refractivity contribution in [1.82, 2.24) is 14.9 Å². The summed E-state index contributed by atoms with van der Waals surface area (Å²) in [6.45, 7) is 2.52. The maximum Gasteiger partial charge on any atom is 0.227 e. The molecular formula is C19H22N4O. The maximum absolute atomic E-state index is 13.0. The summed E-state index contributed by atoms with van der Waals surface area (Å²) < 4.78 is 0. The van der Waals surface area contributed by atoms with E-state index in [1.807, 2.05) is 24.3 Å². The van der Waals surface area contributed by atoms with Gasteiger partial charge in [-0.2, -0.15) is 0 Å². The molecule has 2 saturated heterocycles. The van der Waals surface area contributed by atoms with Crippen molar-refractivity contribution in [3.8, 4) is 0 Å². The molecule has 0 spiro atoms. The average molecular weight is 322 g/mol. The van der Waals surface area contributed by atoms with Crippen molar-refractivity contribution in [2.45, 2.75) is 25.3 Å². The molecular weight excluding hydrogens is 300 g/mol. The topological polar surface area (TPSA) is 49.3 Å². The Bertz CT molecular complexity index is 691. The van der Waals surface area contributed by atoms with E-state index in [1.54, 1.807) is 12.4 Å². The van der Waals surface area contributed by atoms with E-state index in [2.05, 4.69) is 31.9 Å². The number of amides is 1. The highest BCUT2D eigenvalue weighted by Crippen LogP contribution is 2.35. The standard InChI is InChI=1S/C19H22N4O/c24-18(23-13-9-17(23)15-6-2-1-3-7-15)16-8-4-12-22(14-16)19-20-10-5-11-21-19/h1-3,5-7,10-11,16-17H,4,8-9,12-14H2. The van der Waals surface area contributed by atoms with E-state index in [4.69, 9.17) is 0 Å². The van der Waals surface area contributed by atoms with Crippen LogP contribution in [-0.4, -0.2) is 40.4 Å². The third kappa shape index (κ3) is 2.86. The number of carbonyl (C=O) groups excluding carboxylic acids is 1. The van der Waals surface area contributed by atoms with Crippen molar-refractivity contribution < 1.29 is 4.79 Å². The molecule has 2 aliphatic rings. The van der Waals surface area contributed by atoms with Crippen LogP contribution in [0.5, 0.6) is 0 Å². The second kappa shape index (κ2) is 6.59. The number of rotatable bonds is 3. The zero-order chi connectivity index (χ0) is 16.4. The van der Waals surface area contributed by atoms with Gasteiger partial charge in [-0.25, -0.2) is 9.97 Å². The third-order valence-electron chi connectivity index (χ3n) is 5.09. The Kier molecular flexibility index (Phi) is 4.15. The van der Waals surface area contributed by atoms with Crippen molar-refractivity contribution in [1.29, 1.82) is 0 Å². The van der Waals surface area contributed by atoms with Crippen LogP contribution in [-0.2, 0) is 4.79 Å². The molecule has 124 valence electrons. The highest BCUT2D eigenvalue weighted by Gasteiger charge is 2.38. The Morgan fingerprint density at radius 2 is 1.79 bits per heavy atom.